The molecule has 0 saturated heterocycles. The standard InChI is InChI=1S/C9H9BF3O2S/c1-8(10(11,12)13)7-16(14,15)9-5-3-2-4-6-9/h2-6H,1,7H2/q-1. The van der Waals surface area contributed by atoms with Crippen LogP contribution in [-0.4, -0.2) is 21.1 Å². The molecular weight excluding hydrogens is 240 g/mol. The van der Waals surface area contributed by atoms with Gasteiger partial charge in [-0.1, -0.05) is 18.2 Å². The van der Waals surface area contributed by atoms with Crippen molar-refractivity contribution < 1.29 is 21.4 Å². The lowest BCUT2D eigenvalue weighted by molar-refractivity contribution is 0.490. The van der Waals surface area contributed by atoms with Crippen LogP contribution >= 0.6 is 0 Å². The van der Waals surface area contributed by atoms with E-state index in [1.54, 1.807) is 6.07 Å². The van der Waals surface area contributed by atoms with Crippen LogP contribution in [0.4, 0.5) is 12.9 Å². The van der Waals surface area contributed by atoms with Crippen LogP contribution in [0, 0.1) is 0 Å². The number of hydrogen-bond donors (Lipinski definition) is 0. The third-order valence-electron chi connectivity index (χ3n) is 1.94. The van der Waals surface area contributed by atoms with Crippen molar-refractivity contribution >= 4 is 16.8 Å². The smallest absolute Gasteiger partial charge is 0.445 e. The highest BCUT2D eigenvalue weighted by atomic mass is 32.2. The maximum Gasteiger partial charge on any atom is 0.506 e. The zero-order valence-corrected chi connectivity index (χ0v) is 9.05. The van der Waals surface area contributed by atoms with Gasteiger partial charge in [0, 0.05) is 5.75 Å². The highest BCUT2D eigenvalue weighted by molar-refractivity contribution is 7.91. The fourth-order valence-electron chi connectivity index (χ4n) is 1.05. The van der Waals surface area contributed by atoms with Gasteiger partial charge in [0.2, 0.25) is 0 Å². The lowest BCUT2D eigenvalue weighted by Crippen LogP contribution is -2.25. The van der Waals surface area contributed by atoms with E-state index in [-0.39, 0.29) is 4.90 Å². The quantitative estimate of drug-likeness (QED) is 0.768. The van der Waals surface area contributed by atoms with Crippen molar-refractivity contribution in [2.75, 3.05) is 5.75 Å². The summed E-state index contributed by atoms with van der Waals surface area (Å²) in [5, 5.41) is 0. The fraction of sp³-hybridized carbons (Fsp3) is 0.111. The minimum Gasteiger partial charge on any atom is -0.445 e. The van der Waals surface area contributed by atoms with Gasteiger partial charge in [-0.05, 0) is 12.1 Å². The molecule has 0 fully saturated rings. The molecule has 0 atom stereocenters. The molecule has 0 radical (unpaired) electrons. The highest BCUT2D eigenvalue weighted by Gasteiger charge is 2.30. The van der Waals surface area contributed by atoms with Crippen LogP contribution in [0.2, 0.25) is 0 Å². The minimum absolute atomic E-state index is 0.129. The Kier molecular flexibility index (Phi) is 3.47. The van der Waals surface area contributed by atoms with Crippen LogP contribution in [0.1, 0.15) is 0 Å². The van der Waals surface area contributed by atoms with Gasteiger partial charge < -0.3 is 12.9 Å². The largest absolute Gasteiger partial charge is 0.506 e. The number of halogens is 3. The summed E-state index contributed by atoms with van der Waals surface area (Å²) < 4.78 is 59.7. The first kappa shape index (κ1) is 12.8. The molecule has 7 heteroatoms. The van der Waals surface area contributed by atoms with Crippen LogP contribution in [0.5, 0.6) is 0 Å². The first-order chi connectivity index (χ1) is 7.23. The van der Waals surface area contributed by atoms with Gasteiger partial charge in [-0.25, -0.2) is 8.42 Å². The Labute approximate surface area is 91.8 Å². The summed E-state index contributed by atoms with van der Waals surface area (Å²) in [6.45, 7) is -2.55. The second-order valence-electron chi connectivity index (χ2n) is 3.31. The molecule has 0 aromatic heterocycles. The van der Waals surface area contributed by atoms with Crippen molar-refractivity contribution in [1.82, 2.24) is 0 Å². The molecule has 0 amide bonds. The summed E-state index contributed by atoms with van der Waals surface area (Å²) in [6.07, 6.45) is 0. The highest BCUT2D eigenvalue weighted by Crippen LogP contribution is 2.22. The molecule has 16 heavy (non-hydrogen) atoms. The van der Waals surface area contributed by atoms with Gasteiger partial charge in [-0.3, -0.25) is 0 Å². The Bertz CT molecular complexity index is 479. The topological polar surface area (TPSA) is 34.1 Å². The molecule has 0 saturated carbocycles. The Balaban J connectivity index is 2.95. The van der Waals surface area contributed by atoms with E-state index in [4.69, 9.17) is 0 Å². The molecule has 0 aliphatic carbocycles. The average molecular weight is 249 g/mol. The van der Waals surface area contributed by atoms with Gasteiger partial charge in [-0.2, -0.15) is 0 Å². The van der Waals surface area contributed by atoms with Crippen molar-refractivity contribution in [2.24, 2.45) is 0 Å². The number of hydrogen-bond acceptors (Lipinski definition) is 2. The maximum absolute atomic E-state index is 12.2. The molecule has 0 N–H and O–H groups in total. The molecule has 0 aliphatic heterocycles. The van der Waals surface area contributed by atoms with Crippen molar-refractivity contribution in [2.45, 2.75) is 4.90 Å². The normalized spacial score (nSPS) is 12.4. The molecule has 0 heterocycles. The zero-order chi connectivity index (χ0) is 12.4. The van der Waals surface area contributed by atoms with E-state index in [0.29, 0.717) is 0 Å². The summed E-state index contributed by atoms with van der Waals surface area (Å²) in [6, 6.07) is 7.00. The lowest BCUT2D eigenvalue weighted by atomic mass is 9.82. The van der Waals surface area contributed by atoms with Gasteiger partial charge in [0.15, 0.2) is 9.84 Å². The maximum atomic E-state index is 12.2. The molecule has 88 valence electrons. The summed E-state index contributed by atoms with van der Waals surface area (Å²) in [5.74, 6) is -1.08. The third kappa shape index (κ3) is 3.13. The monoisotopic (exact) mass is 249 g/mol. The molecule has 1 rings (SSSR count). The minimum atomic E-state index is -5.31. The first-order valence-corrected chi connectivity index (χ1v) is 6.04. The predicted octanol–water partition coefficient (Wildman–Crippen LogP) is 2.40. The SMILES string of the molecule is C=C(CS(=O)(=O)c1ccccc1)[B-](F)(F)F. The van der Waals surface area contributed by atoms with Crippen molar-refractivity contribution in [3.8, 4) is 0 Å². The van der Waals surface area contributed by atoms with E-state index < -0.39 is 28.0 Å². The van der Waals surface area contributed by atoms with E-state index in [9.17, 15) is 21.4 Å². The van der Waals surface area contributed by atoms with Crippen molar-refractivity contribution in [3.05, 3.63) is 42.4 Å². The molecule has 2 nitrogen and oxygen atoms in total. The van der Waals surface area contributed by atoms with Gasteiger partial charge in [0.05, 0.1) is 4.90 Å². The van der Waals surface area contributed by atoms with Crippen LogP contribution in [0.25, 0.3) is 0 Å². The molecule has 1 aromatic rings. The molecule has 0 aliphatic rings. The second-order valence-corrected chi connectivity index (χ2v) is 5.29. The average Bonchev–Trinajstić information content (AvgIpc) is 2.17. The Hall–Kier alpha value is -1.24. The van der Waals surface area contributed by atoms with Crippen LogP contribution in [-0.2, 0) is 9.84 Å². The van der Waals surface area contributed by atoms with Crippen LogP contribution in [0.3, 0.4) is 0 Å². The Morgan fingerprint density at radius 3 is 2.12 bits per heavy atom. The number of sulfone groups is 1. The van der Waals surface area contributed by atoms with E-state index in [1.807, 2.05) is 0 Å². The number of rotatable bonds is 4. The molecule has 0 bridgehead atoms. The fourth-order valence-corrected chi connectivity index (χ4v) is 2.47. The summed E-state index contributed by atoms with van der Waals surface area (Å²) >= 11 is 0. The summed E-state index contributed by atoms with van der Waals surface area (Å²) in [5.41, 5.74) is -1.20. The summed E-state index contributed by atoms with van der Waals surface area (Å²) in [7, 11) is -3.95. The molecule has 0 unspecified atom stereocenters. The Morgan fingerprint density at radius 2 is 1.69 bits per heavy atom. The van der Waals surface area contributed by atoms with E-state index in [1.165, 1.54) is 24.3 Å². The lowest BCUT2D eigenvalue weighted by Gasteiger charge is -2.17. The van der Waals surface area contributed by atoms with Gasteiger partial charge >= 0.3 is 6.98 Å². The van der Waals surface area contributed by atoms with Crippen molar-refractivity contribution in [1.29, 1.82) is 0 Å². The van der Waals surface area contributed by atoms with E-state index >= 15 is 0 Å². The van der Waals surface area contributed by atoms with Crippen LogP contribution < -0.4 is 0 Å². The first-order valence-electron chi connectivity index (χ1n) is 4.39. The molecule has 1 aromatic carbocycles. The van der Waals surface area contributed by atoms with Crippen LogP contribution in [0.15, 0.2) is 47.3 Å². The second kappa shape index (κ2) is 4.33. The van der Waals surface area contributed by atoms with E-state index in [2.05, 4.69) is 6.58 Å². The van der Waals surface area contributed by atoms with Gasteiger partial charge in [-0.15, -0.1) is 12.1 Å². The van der Waals surface area contributed by atoms with Gasteiger partial charge in [0.1, 0.15) is 0 Å². The van der Waals surface area contributed by atoms with E-state index in [0.717, 1.165) is 0 Å². The molecule has 0 spiro atoms. The Morgan fingerprint density at radius 1 is 1.19 bits per heavy atom. The predicted molar refractivity (Wildman–Crippen MR) is 56.7 cm³/mol. The van der Waals surface area contributed by atoms with Gasteiger partial charge in [0.25, 0.3) is 0 Å². The summed E-state index contributed by atoms with van der Waals surface area (Å²) in [4.78, 5) is -0.129. The zero-order valence-electron chi connectivity index (χ0n) is 8.24. The van der Waals surface area contributed by atoms with Crippen molar-refractivity contribution in [3.63, 3.8) is 0 Å². The molecular formula is C9H9BF3O2S-. The number of benzene rings is 1. The third-order valence-corrected chi connectivity index (χ3v) is 3.68.